The maximum Gasteiger partial charge on any atom is 0.138 e. The van der Waals surface area contributed by atoms with Crippen molar-refractivity contribution in [3.05, 3.63) is 12.2 Å². The van der Waals surface area contributed by atoms with Gasteiger partial charge in [0.05, 0.1) is 0 Å². The quantitative estimate of drug-likeness (QED) is 0.488. The lowest BCUT2D eigenvalue weighted by Crippen LogP contribution is -2.41. The average molecular weight is 218 g/mol. The highest BCUT2D eigenvalue weighted by atomic mass is 28.3. The number of hydrogen-bond acceptors (Lipinski definition) is 0. The van der Waals surface area contributed by atoms with Crippen LogP contribution in [0.4, 0.5) is 0 Å². The molecule has 0 amide bonds. The Labute approximate surface area is 96.2 Å². The molecule has 0 atom stereocenters. The Balaban J connectivity index is 4.89. The van der Waals surface area contributed by atoms with E-state index in [0.717, 1.165) is 0 Å². The zero-order chi connectivity index (χ0) is 12.1. The van der Waals surface area contributed by atoms with Crippen LogP contribution in [0, 0.1) is 29.7 Å². The Bertz CT molecular complexity index is 327. The highest BCUT2D eigenvalue weighted by Crippen LogP contribution is 2.43. The lowest BCUT2D eigenvalue weighted by Gasteiger charge is -2.39. The van der Waals surface area contributed by atoms with Gasteiger partial charge in [-0.05, 0) is 23.1 Å². The van der Waals surface area contributed by atoms with Crippen molar-refractivity contribution >= 4 is 8.07 Å². The monoisotopic (exact) mass is 218 g/mol. The van der Waals surface area contributed by atoms with Gasteiger partial charge in [0, 0.05) is 0 Å². The molecule has 0 fully saturated rings. The van der Waals surface area contributed by atoms with Crippen LogP contribution >= 0.6 is 0 Å². The fraction of sp³-hybridized carbons (Fsp3) is 0.571. The second-order valence-corrected chi connectivity index (χ2v) is 10.1. The van der Waals surface area contributed by atoms with Crippen molar-refractivity contribution < 1.29 is 0 Å². The van der Waals surface area contributed by atoms with Gasteiger partial charge in [-0.2, -0.15) is 0 Å². The summed E-state index contributed by atoms with van der Waals surface area (Å²) in [5.41, 5.74) is 3.42. The molecule has 1 heteroatoms. The van der Waals surface area contributed by atoms with E-state index >= 15 is 0 Å². The largest absolute Gasteiger partial charge is 0.138 e. The van der Waals surface area contributed by atoms with Gasteiger partial charge in [0.15, 0.2) is 0 Å². The molecule has 0 aromatic rings. The van der Waals surface area contributed by atoms with Crippen LogP contribution in [0.15, 0.2) is 12.2 Å². The second kappa shape index (κ2) is 5.24. The summed E-state index contributed by atoms with van der Waals surface area (Å²) in [5.74, 6) is 6.18. The molecule has 0 bridgehead atoms. The molecular weight excluding hydrogens is 196 g/mol. The highest BCUT2D eigenvalue weighted by molar-refractivity contribution is 6.87. The number of allylic oxidation sites excluding steroid dienone is 2. The van der Waals surface area contributed by atoms with Gasteiger partial charge >= 0.3 is 0 Å². The molecule has 0 aromatic carbocycles. The third kappa shape index (κ3) is 3.61. The Morgan fingerprint density at radius 3 is 2.13 bits per heavy atom. The topological polar surface area (TPSA) is 0 Å². The van der Waals surface area contributed by atoms with Crippen LogP contribution in [0.1, 0.15) is 27.7 Å². The minimum Gasteiger partial charge on any atom is -0.126 e. The van der Waals surface area contributed by atoms with Crippen molar-refractivity contribution in [1.29, 1.82) is 0 Å². The van der Waals surface area contributed by atoms with E-state index in [-0.39, 0.29) is 0 Å². The van der Waals surface area contributed by atoms with Gasteiger partial charge in [-0.3, -0.25) is 0 Å². The van der Waals surface area contributed by atoms with Crippen molar-refractivity contribution in [3.63, 3.8) is 0 Å². The second-order valence-electron chi connectivity index (χ2n) is 5.27. The highest BCUT2D eigenvalue weighted by Gasteiger charge is 2.40. The molecule has 82 valence electrons. The third-order valence-electron chi connectivity index (χ3n) is 3.70. The first-order chi connectivity index (χ1) is 6.75. The van der Waals surface area contributed by atoms with E-state index in [9.17, 15) is 0 Å². The van der Waals surface area contributed by atoms with Crippen LogP contribution < -0.4 is 0 Å². The fourth-order valence-electron chi connectivity index (χ4n) is 1.19. The lowest BCUT2D eigenvalue weighted by atomic mass is 9.99. The molecule has 0 aliphatic rings. The van der Waals surface area contributed by atoms with Gasteiger partial charge in [-0.25, -0.2) is 0 Å². The van der Waals surface area contributed by atoms with E-state index in [0.29, 0.717) is 11.0 Å². The van der Waals surface area contributed by atoms with E-state index in [4.69, 9.17) is 6.42 Å². The van der Waals surface area contributed by atoms with E-state index in [2.05, 4.69) is 58.2 Å². The Kier molecular flexibility index (Phi) is 4.92. The van der Waals surface area contributed by atoms with Gasteiger partial charge in [0.1, 0.15) is 8.07 Å². The molecule has 0 heterocycles. The van der Waals surface area contributed by atoms with Crippen LogP contribution in [0.3, 0.4) is 0 Å². The predicted octanol–water partition coefficient (Wildman–Crippen LogP) is 3.86. The zero-order valence-corrected chi connectivity index (χ0v) is 11.8. The van der Waals surface area contributed by atoms with Gasteiger partial charge in [-0.1, -0.05) is 52.6 Å². The van der Waals surface area contributed by atoms with E-state index in [1.165, 1.54) is 0 Å². The molecule has 15 heavy (non-hydrogen) atoms. The van der Waals surface area contributed by atoms with Gasteiger partial charge in [-0.15, -0.1) is 12.0 Å². The van der Waals surface area contributed by atoms with Crippen LogP contribution in [0.5, 0.6) is 0 Å². The average Bonchev–Trinajstić information content (AvgIpc) is 2.12. The minimum atomic E-state index is -1.52. The van der Waals surface area contributed by atoms with Crippen molar-refractivity contribution in [3.8, 4) is 23.8 Å². The van der Waals surface area contributed by atoms with Crippen molar-refractivity contribution in [2.45, 2.75) is 45.8 Å². The lowest BCUT2D eigenvalue weighted by molar-refractivity contribution is 0.462. The van der Waals surface area contributed by atoms with E-state index in [1.54, 1.807) is 12.2 Å². The molecule has 0 unspecified atom stereocenters. The number of rotatable bonds is 2. The van der Waals surface area contributed by atoms with Crippen LogP contribution in [-0.2, 0) is 0 Å². The first-order valence-electron chi connectivity index (χ1n) is 5.39. The maximum atomic E-state index is 5.12. The molecule has 0 nitrogen and oxygen atoms in total. The summed E-state index contributed by atoms with van der Waals surface area (Å²) < 4.78 is 0. The predicted molar refractivity (Wildman–Crippen MR) is 72.1 cm³/mol. The SMILES string of the molecule is C#C/C=C\C#C[Si](C)(C)C(C)(C)C(C)C. The normalized spacial score (nSPS) is 12.4. The van der Waals surface area contributed by atoms with Gasteiger partial charge in [0.2, 0.25) is 0 Å². The van der Waals surface area contributed by atoms with Crippen LogP contribution in [-0.4, -0.2) is 8.07 Å². The summed E-state index contributed by atoms with van der Waals surface area (Å²) in [5, 5.41) is 0.323. The zero-order valence-electron chi connectivity index (χ0n) is 10.8. The first-order valence-corrected chi connectivity index (χ1v) is 8.39. The third-order valence-corrected chi connectivity index (χ3v) is 8.27. The summed E-state index contributed by atoms with van der Waals surface area (Å²) in [4.78, 5) is 0. The first kappa shape index (κ1) is 14.1. The maximum absolute atomic E-state index is 5.12. The molecule has 0 saturated heterocycles. The molecule has 0 rings (SSSR count). The molecule has 0 saturated carbocycles. The Morgan fingerprint density at radius 1 is 1.20 bits per heavy atom. The van der Waals surface area contributed by atoms with Crippen LogP contribution in [0.25, 0.3) is 0 Å². The number of terminal acetylenes is 1. The Hall–Kier alpha value is -0.923. The standard InChI is InChI=1S/C14H22Si/c1-8-9-10-11-12-15(6,7)14(4,5)13(2)3/h1,9-10,13H,2-7H3/b10-9-. The van der Waals surface area contributed by atoms with Crippen molar-refractivity contribution in [2.75, 3.05) is 0 Å². The van der Waals surface area contributed by atoms with E-state index in [1.807, 2.05) is 0 Å². The molecular formula is C14H22Si. The summed E-state index contributed by atoms with van der Waals surface area (Å²) in [6.07, 6.45) is 8.54. The van der Waals surface area contributed by atoms with Crippen LogP contribution in [0.2, 0.25) is 18.1 Å². The molecule has 0 aliphatic heterocycles. The molecule has 0 aliphatic carbocycles. The van der Waals surface area contributed by atoms with Gasteiger partial charge in [0.25, 0.3) is 0 Å². The number of hydrogen-bond donors (Lipinski definition) is 0. The smallest absolute Gasteiger partial charge is 0.126 e. The minimum absolute atomic E-state index is 0.323. The van der Waals surface area contributed by atoms with Gasteiger partial charge < -0.3 is 0 Å². The molecule has 0 aromatic heterocycles. The summed E-state index contributed by atoms with van der Waals surface area (Å²) in [6.45, 7) is 13.8. The summed E-state index contributed by atoms with van der Waals surface area (Å²) in [7, 11) is -1.52. The molecule has 0 radical (unpaired) electrons. The fourth-order valence-corrected chi connectivity index (χ4v) is 3.40. The van der Waals surface area contributed by atoms with Crippen molar-refractivity contribution in [1.82, 2.24) is 0 Å². The van der Waals surface area contributed by atoms with Crippen molar-refractivity contribution in [2.24, 2.45) is 5.92 Å². The molecule has 0 N–H and O–H groups in total. The summed E-state index contributed by atoms with van der Waals surface area (Å²) >= 11 is 0. The van der Waals surface area contributed by atoms with E-state index < -0.39 is 8.07 Å². The molecule has 0 spiro atoms. The Morgan fingerprint density at radius 2 is 1.73 bits per heavy atom. The summed E-state index contributed by atoms with van der Waals surface area (Å²) in [6, 6.07) is 0.